The molecule has 0 aromatic carbocycles. The summed E-state index contributed by atoms with van der Waals surface area (Å²) in [6.45, 7) is 0.958. The summed E-state index contributed by atoms with van der Waals surface area (Å²) in [5.41, 5.74) is -10.1. The fourth-order valence-corrected chi connectivity index (χ4v) is 2.08. The lowest BCUT2D eigenvalue weighted by Crippen LogP contribution is -2.61. The van der Waals surface area contributed by atoms with Crippen LogP contribution in [0.5, 0.6) is 0 Å². The molecule has 0 radical (unpaired) electrons. The first-order valence-corrected chi connectivity index (χ1v) is 6.98. The monoisotopic (exact) mass is 430 g/mol. The van der Waals surface area contributed by atoms with Crippen molar-refractivity contribution in [3.05, 3.63) is 12.7 Å². The zero-order valence-corrected chi connectivity index (χ0v) is 13.5. The Labute approximate surface area is 145 Å². The van der Waals surface area contributed by atoms with Crippen LogP contribution in [0.3, 0.4) is 0 Å². The van der Waals surface area contributed by atoms with Crippen molar-refractivity contribution in [2.75, 3.05) is 6.79 Å². The lowest BCUT2D eigenvalue weighted by molar-refractivity contribution is -0.428. The minimum atomic E-state index is -6.23. The summed E-state index contributed by atoms with van der Waals surface area (Å²) in [6.07, 6.45) is -29.3. The summed E-state index contributed by atoms with van der Waals surface area (Å²) in [7, 11) is 0. The number of hydrogen-bond donors (Lipinski definition) is 0. The van der Waals surface area contributed by atoms with E-state index in [9.17, 15) is 52.7 Å². The molecule has 0 aliphatic carbocycles. The first kappa shape index (κ1) is 25.8. The highest BCUT2D eigenvalue weighted by Gasteiger charge is 2.74. The van der Waals surface area contributed by atoms with Crippen LogP contribution >= 0.6 is 0 Å². The van der Waals surface area contributed by atoms with Crippen molar-refractivity contribution < 1.29 is 62.2 Å². The van der Waals surface area contributed by atoms with Crippen molar-refractivity contribution in [1.29, 1.82) is 0 Å². The van der Waals surface area contributed by atoms with Crippen LogP contribution < -0.4 is 0 Å². The van der Waals surface area contributed by atoms with Crippen LogP contribution in [0.2, 0.25) is 0 Å². The van der Waals surface area contributed by atoms with Gasteiger partial charge in [0.05, 0.1) is 0 Å². The van der Waals surface area contributed by atoms with Crippen molar-refractivity contribution in [1.82, 2.24) is 0 Å². The SMILES string of the molecule is C=CCC(OCOC(CCC)(C(F)(F)F)C(F)(F)F)(C(F)(F)F)C(F)(F)F. The van der Waals surface area contributed by atoms with Crippen molar-refractivity contribution in [3.63, 3.8) is 0 Å². The number of alkyl halides is 12. The second-order valence-electron chi connectivity index (χ2n) is 5.29. The summed E-state index contributed by atoms with van der Waals surface area (Å²) in [5, 5.41) is 0. The van der Waals surface area contributed by atoms with Crippen molar-refractivity contribution in [2.45, 2.75) is 62.1 Å². The van der Waals surface area contributed by atoms with Gasteiger partial charge in [-0.15, -0.1) is 6.58 Å². The molecule has 0 aliphatic heterocycles. The third-order valence-electron chi connectivity index (χ3n) is 3.48. The smallest absolute Gasteiger partial charge is 0.331 e. The Morgan fingerprint density at radius 3 is 1.26 bits per heavy atom. The van der Waals surface area contributed by atoms with Crippen LogP contribution in [0.15, 0.2) is 12.7 Å². The highest BCUT2D eigenvalue weighted by Crippen LogP contribution is 2.51. The summed E-state index contributed by atoms with van der Waals surface area (Å²) in [4.78, 5) is 0. The van der Waals surface area contributed by atoms with Gasteiger partial charge in [-0.25, -0.2) is 0 Å². The van der Waals surface area contributed by atoms with Gasteiger partial charge in [-0.3, -0.25) is 0 Å². The van der Waals surface area contributed by atoms with E-state index in [0.29, 0.717) is 0 Å². The fraction of sp³-hybridized carbons (Fsp3) is 0.846. The van der Waals surface area contributed by atoms with Crippen LogP contribution in [0.4, 0.5) is 52.7 Å². The number of hydrogen-bond acceptors (Lipinski definition) is 2. The zero-order chi connectivity index (χ0) is 21.9. The van der Waals surface area contributed by atoms with Gasteiger partial charge in [-0.2, -0.15) is 52.7 Å². The molecule has 0 fully saturated rings. The predicted molar refractivity (Wildman–Crippen MR) is 66.4 cm³/mol. The molecule has 14 heteroatoms. The van der Waals surface area contributed by atoms with Gasteiger partial charge in [0, 0.05) is 6.42 Å². The second-order valence-corrected chi connectivity index (χ2v) is 5.29. The highest BCUT2D eigenvalue weighted by atomic mass is 19.4. The second kappa shape index (κ2) is 8.05. The van der Waals surface area contributed by atoms with Gasteiger partial charge in [0.25, 0.3) is 11.2 Å². The standard InChI is InChI=1S/C13H14F12O2/c1-3-5-8(10(14,15)16,11(17,18)19)26-7-27-9(6-4-2,12(20,21)22)13(23,24)25/h3H,1,4-7H2,2H3. The Morgan fingerprint density at radius 1 is 0.667 bits per heavy atom. The molecule has 162 valence electrons. The molecule has 0 N–H and O–H groups in total. The third-order valence-corrected chi connectivity index (χ3v) is 3.48. The molecule has 0 aromatic heterocycles. The number of halogens is 12. The lowest BCUT2D eigenvalue weighted by Gasteiger charge is -2.40. The van der Waals surface area contributed by atoms with E-state index in [0.717, 1.165) is 6.92 Å². The molecule has 0 amide bonds. The lowest BCUT2D eigenvalue weighted by atomic mass is 9.96. The van der Waals surface area contributed by atoms with Crippen LogP contribution in [0.25, 0.3) is 0 Å². The minimum absolute atomic E-state index is 0.105. The van der Waals surface area contributed by atoms with Crippen LogP contribution in [0.1, 0.15) is 26.2 Å². The van der Waals surface area contributed by atoms with Gasteiger partial charge in [0.1, 0.15) is 6.79 Å². The summed E-state index contributed by atoms with van der Waals surface area (Å²) in [5.74, 6) is 0. The van der Waals surface area contributed by atoms with Gasteiger partial charge in [-0.1, -0.05) is 19.4 Å². The van der Waals surface area contributed by atoms with Crippen LogP contribution in [0, 0.1) is 0 Å². The van der Waals surface area contributed by atoms with E-state index in [4.69, 9.17) is 0 Å². The van der Waals surface area contributed by atoms with E-state index in [1.165, 1.54) is 0 Å². The molecule has 27 heavy (non-hydrogen) atoms. The maximum absolute atomic E-state index is 12.9. The molecule has 0 unspecified atom stereocenters. The van der Waals surface area contributed by atoms with Gasteiger partial charge in [0.2, 0.25) is 0 Å². The maximum Gasteiger partial charge on any atom is 0.426 e. The van der Waals surface area contributed by atoms with Crippen molar-refractivity contribution >= 4 is 0 Å². The number of ether oxygens (including phenoxy) is 2. The maximum atomic E-state index is 12.9. The molecule has 2 nitrogen and oxygen atoms in total. The molecule has 0 saturated heterocycles. The third kappa shape index (κ3) is 5.00. The average Bonchev–Trinajstić information content (AvgIpc) is 2.39. The Bertz CT molecular complexity index is 457. The zero-order valence-electron chi connectivity index (χ0n) is 13.5. The molecule has 0 spiro atoms. The van der Waals surface area contributed by atoms with Gasteiger partial charge < -0.3 is 9.47 Å². The molecule has 0 atom stereocenters. The summed E-state index contributed by atoms with van der Waals surface area (Å²) < 4.78 is 162. The van der Waals surface area contributed by atoms with E-state index < -0.39 is 62.0 Å². The van der Waals surface area contributed by atoms with Crippen LogP contribution in [-0.2, 0) is 9.47 Å². The first-order chi connectivity index (χ1) is 11.8. The van der Waals surface area contributed by atoms with Crippen molar-refractivity contribution in [3.8, 4) is 0 Å². The number of rotatable bonds is 8. The Hall–Kier alpha value is -1.18. The van der Waals surface area contributed by atoms with E-state index in [1.54, 1.807) is 0 Å². The van der Waals surface area contributed by atoms with E-state index in [2.05, 4.69) is 16.1 Å². The minimum Gasteiger partial charge on any atom is -0.331 e. The summed E-state index contributed by atoms with van der Waals surface area (Å²) >= 11 is 0. The first-order valence-electron chi connectivity index (χ1n) is 6.98. The molecule has 0 aromatic rings. The van der Waals surface area contributed by atoms with Gasteiger partial charge >= 0.3 is 24.7 Å². The molecule has 0 bridgehead atoms. The average molecular weight is 430 g/mol. The quantitative estimate of drug-likeness (QED) is 0.264. The van der Waals surface area contributed by atoms with E-state index in [-0.39, 0.29) is 6.08 Å². The van der Waals surface area contributed by atoms with Gasteiger partial charge in [0.15, 0.2) is 0 Å². The van der Waals surface area contributed by atoms with E-state index in [1.807, 2.05) is 0 Å². The molecule has 0 aliphatic rings. The largest absolute Gasteiger partial charge is 0.426 e. The predicted octanol–water partition coefficient (Wildman–Crippen LogP) is 6.08. The highest BCUT2D eigenvalue weighted by molar-refractivity contribution is 5.01. The summed E-state index contributed by atoms with van der Waals surface area (Å²) in [6, 6.07) is 0. The topological polar surface area (TPSA) is 18.5 Å². The fourth-order valence-electron chi connectivity index (χ4n) is 2.08. The van der Waals surface area contributed by atoms with Crippen molar-refractivity contribution in [2.24, 2.45) is 0 Å². The normalized spacial score (nSPS) is 15.1. The Balaban J connectivity index is 5.94. The van der Waals surface area contributed by atoms with E-state index >= 15 is 0 Å². The molecular formula is C13H14F12O2. The van der Waals surface area contributed by atoms with Gasteiger partial charge in [-0.05, 0) is 6.42 Å². The molecule has 0 rings (SSSR count). The molecular weight excluding hydrogens is 416 g/mol. The van der Waals surface area contributed by atoms with Crippen LogP contribution in [-0.4, -0.2) is 42.7 Å². The Morgan fingerprint density at radius 2 is 1.00 bits per heavy atom. The molecule has 0 saturated carbocycles. The Kier molecular flexibility index (Phi) is 7.70. The molecule has 0 heterocycles.